The molecule has 0 bridgehead atoms. The van der Waals surface area contributed by atoms with Gasteiger partial charge in [-0.3, -0.25) is 9.69 Å². The van der Waals surface area contributed by atoms with Crippen LogP contribution in [0.4, 0.5) is 5.69 Å². The molecule has 3 rings (SSSR count). The third-order valence-electron chi connectivity index (χ3n) is 4.34. The average molecular weight is 359 g/mol. The number of methoxy groups -OCH3 is 1. The van der Waals surface area contributed by atoms with Crippen LogP contribution in [-0.2, 0) is 11.3 Å². The van der Waals surface area contributed by atoms with Gasteiger partial charge in [0.25, 0.3) is 0 Å². The van der Waals surface area contributed by atoms with Crippen molar-refractivity contribution in [3.05, 3.63) is 58.6 Å². The van der Waals surface area contributed by atoms with Crippen molar-refractivity contribution < 1.29 is 9.53 Å². The van der Waals surface area contributed by atoms with Gasteiger partial charge in [0, 0.05) is 17.6 Å². The normalized spacial score (nSPS) is 13.8. The molecule has 4 nitrogen and oxygen atoms in total. The summed E-state index contributed by atoms with van der Waals surface area (Å²) in [7, 11) is 1.61. The van der Waals surface area contributed by atoms with E-state index in [1.165, 1.54) is 0 Å². The Morgan fingerprint density at radius 1 is 1.24 bits per heavy atom. The summed E-state index contributed by atoms with van der Waals surface area (Å²) in [6.07, 6.45) is 2.29. The molecule has 1 aliphatic rings. The van der Waals surface area contributed by atoms with Gasteiger partial charge in [0.1, 0.15) is 5.75 Å². The summed E-state index contributed by atoms with van der Waals surface area (Å²) in [5.74, 6) is 0.652. The molecule has 0 heterocycles. The molecule has 0 spiro atoms. The molecule has 132 valence electrons. The van der Waals surface area contributed by atoms with Gasteiger partial charge in [-0.05, 0) is 55.2 Å². The maximum absolute atomic E-state index is 12.5. The molecule has 1 fully saturated rings. The Hall–Kier alpha value is -2.04. The lowest BCUT2D eigenvalue weighted by Gasteiger charge is -2.22. The molecule has 2 aromatic rings. The summed E-state index contributed by atoms with van der Waals surface area (Å²) in [5, 5.41) is 3.71. The van der Waals surface area contributed by atoms with Crippen LogP contribution < -0.4 is 10.1 Å². The Bertz CT molecular complexity index is 742. The Kier molecular flexibility index (Phi) is 5.61. The van der Waals surface area contributed by atoms with Gasteiger partial charge in [-0.2, -0.15) is 0 Å². The van der Waals surface area contributed by atoms with E-state index in [0.29, 0.717) is 18.3 Å². The monoisotopic (exact) mass is 358 g/mol. The van der Waals surface area contributed by atoms with E-state index in [4.69, 9.17) is 16.3 Å². The van der Waals surface area contributed by atoms with E-state index in [1.54, 1.807) is 7.11 Å². The van der Waals surface area contributed by atoms with E-state index in [9.17, 15) is 4.79 Å². The smallest absolute Gasteiger partial charge is 0.238 e. The molecule has 1 aliphatic carbocycles. The van der Waals surface area contributed by atoms with Gasteiger partial charge < -0.3 is 10.1 Å². The van der Waals surface area contributed by atoms with Crippen molar-refractivity contribution in [3.8, 4) is 5.75 Å². The highest BCUT2D eigenvalue weighted by Gasteiger charge is 2.30. The topological polar surface area (TPSA) is 41.6 Å². The fraction of sp³-hybridized carbons (Fsp3) is 0.350. The van der Waals surface area contributed by atoms with E-state index in [0.717, 1.165) is 41.2 Å². The molecule has 1 saturated carbocycles. The van der Waals surface area contributed by atoms with E-state index in [-0.39, 0.29) is 5.91 Å². The molecule has 1 N–H and O–H groups in total. The number of hydrogen-bond donors (Lipinski definition) is 1. The van der Waals surface area contributed by atoms with Gasteiger partial charge in [0.05, 0.1) is 19.3 Å². The highest BCUT2D eigenvalue weighted by Crippen LogP contribution is 2.29. The largest absolute Gasteiger partial charge is 0.495 e. The van der Waals surface area contributed by atoms with Crippen molar-refractivity contribution in [2.75, 3.05) is 19.0 Å². The molecule has 0 aliphatic heterocycles. The van der Waals surface area contributed by atoms with Gasteiger partial charge in [0.15, 0.2) is 0 Å². The van der Waals surface area contributed by atoms with Crippen LogP contribution in [0.1, 0.15) is 24.0 Å². The number of nitrogens with zero attached hydrogens (tertiary/aromatic N) is 1. The van der Waals surface area contributed by atoms with Crippen LogP contribution in [-0.4, -0.2) is 30.5 Å². The molecule has 0 radical (unpaired) electrons. The third kappa shape index (κ3) is 4.97. The fourth-order valence-corrected chi connectivity index (χ4v) is 3.00. The maximum atomic E-state index is 12.5. The van der Waals surface area contributed by atoms with Crippen LogP contribution in [0, 0.1) is 6.92 Å². The number of benzene rings is 2. The van der Waals surface area contributed by atoms with Gasteiger partial charge in [-0.15, -0.1) is 0 Å². The van der Waals surface area contributed by atoms with E-state index >= 15 is 0 Å². The molecule has 0 atom stereocenters. The number of carbonyl (C=O) groups excluding carboxylic acids is 1. The first kappa shape index (κ1) is 17.8. The summed E-state index contributed by atoms with van der Waals surface area (Å²) >= 11 is 5.95. The van der Waals surface area contributed by atoms with Crippen LogP contribution in [0.3, 0.4) is 0 Å². The van der Waals surface area contributed by atoms with Gasteiger partial charge in [-0.1, -0.05) is 29.8 Å². The molecular formula is C20H23ClN2O2. The zero-order chi connectivity index (χ0) is 17.8. The number of nitrogens with one attached hydrogen (secondary N) is 1. The molecule has 0 unspecified atom stereocenters. The van der Waals surface area contributed by atoms with Gasteiger partial charge in [0.2, 0.25) is 5.91 Å². The first-order chi connectivity index (χ1) is 12.0. The number of anilines is 1. The quantitative estimate of drug-likeness (QED) is 0.804. The molecule has 2 aromatic carbocycles. The Morgan fingerprint density at radius 3 is 2.60 bits per heavy atom. The lowest BCUT2D eigenvalue weighted by Crippen LogP contribution is -2.34. The Morgan fingerprint density at radius 2 is 1.96 bits per heavy atom. The minimum Gasteiger partial charge on any atom is -0.495 e. The second-order valence-electron chi connectivity index (χ2n) is 6.51. The molecule has 25 heavy (non-hydrogen) atoms. The summed E-state index contributed by atoms with van der Waals surface area (Å²) in [6, 6.07) is 14.1. The van der Waals surface area contributed by atoms with Crippen LogP contribution >= 0.6 is 11.6 Å². The number of ether oxygens (including phenoxy) is 1. The van der Waals surface area contributed by atoms with Crippen molar-refractivity contribution >= 4 is 23.2 Å². The standard InChI is InChI=1S/C20H23ClN2O2/c1-14-3-10-19(25-2)18(11-14)22-20(24)13-23(17-8-9-17)12-15-4-6-16(21)7-5-15/h3-7,10-11,17H,8-9,12-13H2,1-2H3,(H,22,24). The summed E-state index contributed by atoms with van der Waals surface area (Å²) in [6.45, 7) is 3.11. The second-order valence-corrected chi connectivity index (χ2v) is 6.95. The minimum absolute atomic E-state index is 0.0234. The number of carbonyl (C=O) groups is 1. The lowest BCUT2D eigenvalue weighted by molar-refractivity contribution is -0.117. The Labute approximate surface area is 153 Å². The number of halogens is 1. The molecule has 5 heteroatoms. The zero-order valence-corrected chi connectivity index (χ0v) is 15.3. The average Bonchev–Trinajstić information content (AvgIpc) is 3.41. The molecule has 1 amide bonds. The number of amides is 1. The first-order valence-corrected chi connectivity index (χ1v) is 8.86. The number of hydrogen-bond acceptors (Lipinski definition) is 3. The Balaban J connectivity index is 1.65. The zero-order valence-electron chi connectivity index (χ0n) is 14.6. The molecular weight excluding hydrogens is 336 g/mol. The van der Waals surface area contributed by atoms with Crippen LogP contribution in [0.2, 0.25) is 5.02 Å². The molecule has 0 saturated heterocycles. The van der Waals surface area contributed by atoms with E-state index < -0.39 is 0 Å². The van der Waals surface area contributed by atoms with E-state index in [1.807, 2.05) is 49.4 Å². The van der Waals surface area contributed by atoms with Crippen molar-refractivity contribution in [2.24, 2.45) is 0 Å². The lowest BCUT2D eigenvalue weighted by atomic mass is 10.2. The van der Waals surface area contributed by atoms with Gasteiger partial charge in [-0.25, -0.2) is 0 Å². The summed E-state index contributed by atoms with van der Waals surface area (Å²) in [5.41, 5.74) is 2.96. The number of aryl methyl sites for hydroxylation is 1. The van der Waals surface area contributed by atoms with Crippen molar-refractivity contribution in [3.63, 3.8) is 0 Å². The third-order valence-corrected chi connectivity index (χ3v) is 4.59. The molecule has 0 aromatic heterocycles. The minimum atomic E-state index is -0.0234. The first-order valence-electron chi connectivity index (χ1n) is 8.48. The van der Waals surface area contributed by atoms with Crippen molar-refractivity contribution in [2.45, 2.75) is 32.4 Å². The predicted molar refractivity (Wildman–Crippen MR) is 101 cm³/mol. The van der Waals surface area contributed by atoms with Crippen LogP contribution in [0.15, 0.2) is 42.5 Å². The maximum Gasteiger partial charge on any atom is 0.238 e. The van der Waals surface area contributed by atoms with Gasteiger partial charge >= 0.3 is 0 Å². The highest BCUT2D eigenvalue weighted by molar-refractivity contribution is 6.30. The second kappa shape index (κ2) is 7.89. The summed E-state index contributed by atoms with van der Waals surface area (Å²) in [4.78, 5) is 14.8. The van der Waals surface area contributed by atoms with Crippen LogP contribution in [0.25, 0.3) is 0 Å². The van der Waals surface area contributed by atoms with E-state index in [2.05, 4.69) is 10.2 Å². The summed E-state index contributed by atoms with van der Waals surface area (Å²) < 4.78 is 5.33. The van der Waals surface area contributed by atoms with Crippen molar-refractivity contribution in [1.29, 1.82) is 0 Å². The predicted octanol–water partition coefficient (Wildman–Crippen LogP) is 4.26. The fourth-order valence-electron chi connectivity index (χ4n) is 2.87. The van der Waals surface area contributed by atoms with Crippen molar-refractivity contribution in [1.82, 2.24) is 4.90 Å². The number of rotatable bonds is 7. The van der Waals surface area contributed by atoms with Crippen LogP contribution in [0.5, 0.6) is 5.75 Å². The highest BCUT2D eigenvalue weighted by atomic mass is 35.5. The SMILES string of the molecule is COc1ccc(C)cc1NC(=O)CN(Cc1ccc(Cl)cc1)C1CC1.